The maximum atomic E-state index is 12.5. The van der Waals surface area contributed by atoms with Gasteiger partial charge in [0.2, 0.25) is 10.0 Å². The van der Waals surface area contributed by atoms with Crippen LogP contribution in [0, 0.1) is 0 Å². The van der Waals surface area contributed by atoms with Gasteiger partial charge in [0.1, 0.15) is 9.77 Å². The van der Waals surface area contributed by atoms with E-state index in [1.807, 2.05) is 0 Å². The van der Waals surface area contributed by atoms with E-state index < -0.39 is 27.4 Å². The molecule has 0 unspecified atom stereocenters. The van der Waals surface area contributed by atoms with Crippen molar-refractivity contribution in [1.29, 1.82) is 0 Å². The summed E-state index contributed by atoms with van der Waals surface area (Å²) in [6, 6.07) is 7.06. The second kappa shape index (κ2) is 7.97. The van der Waals surface area contributed by atoms with E-state index in [2.05, 4.69) is 14.8 Å². The zero-order chi connectivity index (χ0) is 20.4. The number of thiophene rings is 1. The van der Waals surface area contributed by atoms with E-state index in [1.165, 1.54) is 31.4 Å². The summed E-state index contributed by atoms with van der Waals surface area (Å²) >= 11 is 7.07. The maximum Gasteiger partial charge on any atom is 0.348 e. The first-order valence-corrected chi connectivity index (χ1v) is 10.4. The minimum atomic E-state index is -3.91. The summed E-state index contributed by atoms with van der Waals surface area (Å²) in [5.74, 6) is -1.04. The lowest BCUT2D eigenvalue weighted by atomic mass is 10.1. The summed E-state index contributed by atoms with van der Waals surface area (Å²) in [6.07, 6.45) is 0. The van der Waals surface area contributed by atoms with E-state index in [1.54, 1.807) is 26.8 Å². The van der Waals surface area contributed by atoms with Crippen LogP contribution in [0.3, 0.4) is 0 Å². The SMILES string of the molecule is COC(=O)c1ccc(NC(=O)c2ccc(Cl)c(S(=O)(=O)NC(C)(C)C)c2)s1. The summed E-state index contributed by atoms with van der Waals surface area (Å²) in [5.41, 5.74) is -0.594. The van der Waals surface area contributed by atoms with Crippen LogP contribution in [0.1, 0.15) is 40.8 Å². The number of carbonyl (C=O) groups excluding carboxylic acids is 2. The molecule has 2 N–H and O–H groups in total. The van der Waals surface area contributed by atoms with Crippen LogP contribution in [-0.4, -0.2) is 32.9 Å². The molecule has 0 bridgehead atoms. The molecule has 1 aromatic heterocycles. The lowest BCUT2D eigenvalue weighted by Gasteiger charge is -2.21. The number of hydrogen-bond acceptors (Lipinski definition) is 6. The Kier molecular flexibility index (Phi) is 6.31. The second-order valence-corrected chi connectivity index (χ2v) is 9.75. The van der Waals surface area contributed by atoms with Gasteiger partial charge in [-0.25, -0.2) is 17.9 Å². The molecule has 10 heteroatoms. The molecular formula is C17H19ClN2O5S2. The van der Waals surface area contributed by atoms with Gasteiger partial charge in [-0.3, -0.25) is 4.79 Å². The number of halogens is 1. The molecule has 0 spiro atoms. The van der Waals surface area contributed by atoms with Crippen molar-refractivity contribution in [3.05, 3.63) is 45.8 Å². The Morgan fingerprint density at radius 1 is 1.15 bits per heavy atom. The summed E-state index contributed by atoms with van der Waals surface area (Å²) in [4.78, 5) is 24.1. The molecule has 7 nitrogen and oxygen atoms in total. The fraction of sp³-hybridized carbons (Fsp3) is 0.294. The van der Waals surface area contributed by atoms with Crippen LogP contribution < -0.4 is 10.0 Å². The van der Waals surface area contributed by atoms with Crippen molar-refractivity contribution in [3.8, 4) is 0 Å². The molecule has 1 aromatic carbocycles. The number of sulfonamides is 1. The monoisotopic (exact) mass is 430 g/mol. The third-order valence-electron chi connectivity index (χ3n) is 3.15. The Hall–Kier alpha value is -1.94. The van der Waals surface area contributed by atoms with Crippen LogP contribution in [0.15, 0.2) is 35.2 Å². The van der Waals surface area contributed by atoms with Crippen molar-refractivity contribution >= 4 is 49.8 Å². The molecule has 0 aliphatic heterocycles. The van der Waals surface area contributed by atoms with Crippen LogP contribution >= 0.6 is 22.9 Å². The predicted octanol–water partition coefficient (Wildman–Crippen LogP) is 3.52. The molecule has 0 radical (unpaired) electrons. The van der Waals surface area contributed by atoms with Gasteiger partial charge < -0.3 is 10.1 Å². The highest BCUT2D eigenvalue weighted by Crippen LogP contribution is 2.26. The zero-order valence-electron chi connectivity index (χ0n) is 15.1. The lowest BCUT2D eigenvalue weighted by Crippen LogP contribution is -2.40. The van der Waals surface area contributed by atoms with Crippen molar-refractivity contribution in [3.63, 3.8) is 0 Å². The first kappa shape index (κ1) is 21.4. The summed E-state index contributed by atoms with van der Waals surface area (Å²) in [5, 5.41) is 3.05. The normalized spacial score (nSPS) is 11.9. The zero-order valence-corrected chi connectivity index (χ0v) is 17.5. The average Bonchev–Trinajstić information content (AvgIpc) is 3.00. The molecule has 0 saturated heterocycles. The molecule has 1 amide bonds. The Morgan fingerprint density at radius 3 is 2.41 bits per heavy atom. The minimum absolute atomic E-state index is 0.00685. The van der Waals surface area contributed by atoms with Gasteiger partial charge in [0.05, 0.1) is 17.1 Å². The standard InChI is InChI=1S/C17H19ClN2O5S2/c1-17(2,3)20-27(23,24)13-9-10(5-6-11(13)18)15(21)19-14-8-7-12(26-14)16(22)25-4/h5-9,20H,1-4H3,(H,19,21). The lowest BCUT2D eigenvalue weighted by molar-refractivity contribution is 0.0606. The van der Waals surface area contributed by atoms with Crippen molar-refractivity contribution < 1.29 is 22.7 Å². The first-order valence-electron chi connectivity index (χ1n) is 7.76. The van der Waals surface area contributed by atoms with Crippen LogP contribution in [0.4, 0.5) is 5.00 Å². The van der Waals surface area contributed by atoms with E-state index in [0.717, 1.165) is 11.3 Å². The van der Waals surface area contributed by atoms with Crippen molar-refractivity contribution in [2.45, 2.75) is 31.2 Å². The van der Waals surface area contributed by atoms with Gasteiger partial charge in [0.15, 0.2) is 0 Å². The minimum Gasteiger partial charge on any atom is -0.465 e. The number of hydrogen-bond donors (Lipinski definition) is 2. The average molecular weight is 431 g/mol. The smallest absolute Gasteiger partial charge is 0.348 e. The summed E-state index contributed by atoms with van der Waals surface area (Å²) in [7, 11) is -2.64. The van der Waals surface area contributed by atoms with E-state index in [4.69, 9.17) is 11.6 Å². The number of amides is 1. The van der Waals surface area contributed by atoms with Crippen LogP contribution in [0.5, 0.6) is 0 Å². The number of benzene rings is 1. The molecule has 0 saturated carbocycles. The number of esters is 1. The first-order chi connectivity index (χ1) is 12.4. The number of carbonyl (C=O) groups is 2. The molecule has 27 heavy (non-hydrogen) atoms. The quantitative estimate of drug-likeness (QED) is 0.706. The fourth-order valence-corrected chi connectivity index (χ4v) is 4.87. The third kappa shape index (κ3) is 5.52. The van der Waals surface area contributed by atoms with Crippen LogP contribution in [-0.2, 0) is 14.8 Å². The van der Waals surface area contributed by atoms with E-state index >= 15 is 0 Å². The van der Waals surface area contributed by atoms with E-state index in [-0.39, 0.29) is 15.5 Å². The number of methoxy groups -OCH3 is 1. The predicted molar refractivity (Wildman–Crippen MR) is 105 cm³/mol. The molecular weight excluding hydrogens is 412 g/mol. The Labute approximate surface area is 166 Å². The van der Waals surface area contributed by atoms with Gasteiger partial charge in [-0.05, 0) is 51.1 Å². The van der Waals surface area contributed by atoms with Gasteiger partial charge in [-0.2, -0.15) is 0 Å². The van der Waals surface area contributed by atoms with Crippen molar-refractivity contribution in [2.75, 3.05) is 12.4 Å². The Balaban J connectivity index is 2.28. The molecule has 0 atom stereocenters. The highest BCUT2D eigenvalue weighted by atomic mass is 35.5. The van der Waals surface area contributed by atoms with Crippen LogP contribution in [0.2, 0.25) is 5.02 Å². The molecule has 0 fully saturated rings. The van der Waals surface area contributed by atoms with Gasteiger partial charge in [-0.15, -0.1) is 11.3 Å². The second-order valence-electron chi connectivity index (χ2n) is 6.61. The van der Waals surface area contributed by atoms with Gasteiger partial charge in [0, 0.05) is 11.1 Å². The third-order valence-corrected chi connectivity index (χ3v) is 6.37. The maximum absolute atomic E-state index is 12.5. The largest absolute Gasteiger partial charge is 0.465 e. The Morgan fingerprint density at radius 2 is 1.81 bits per heavy atom. The van der Waals surface area contributed by atoms with Crippen molar-refractivity contribution in [2.24, 2.45) is 0 Å². The highest BCUT2D eigenvalue weighted by molar-refractivity contribution is 7.89. The highest BCUT2D eigenvalue weighted by Gasteiger charge is 2.25. The summed E-state index contributed by atoms with van der Waals surface area (Å²) < 4.78 is 32.2. The molecule has 2 rings (SSSR count). The van der Waals surface area contributed by atoms with Gasteiger partial charge in [-0.1, -0.05) is 11.6 Å². The number of anilines is 1. The molecule has 2 aromatic rings. The van der Waals surface area contributed by atoms with Crippen molar-refractivity contribution in [1.82, 2.24) is 4.72 Å². The number of rotatable bonds is 5. The Bertz CT molecular complexity index is 977. The topological polar surface area (TPSA) is 102 Å². The molecule has 0 aliphatic rings. The summed E-state index contributed by atoms with van der Waals surface area (Å²) in [6.45, 7) is 5.10. The molecule has 146 valence electrons. The molecule has 1 heterocycles. The van der Waals surface area contributed by atoms with E-state index in [9.17, 15) is 18.0 Å². The number of ether oxygens (including phenoxy) is 1. The fourth-order valence-electron chi connectivity index (χ4n) is 2.11. The van der Waals surface area contributed by atoms with E-state index in [0.29, 0.717) is 9.88 Å². The van der Waals surface area contributed by atoms with Gasteiger partial charge in [0.25, 0.3) is 5.91 Å². The molecule has 0 aliphatic carbocycles. The number of nitrogens with one attached hydrogen (secondary N) is 2. The van der Waals surface area contributed by atoms with Crippen LogP contribution in [0.25, 0.3) is 0 Å². The van der Waals surface area contributed by atoms with Gasteiger partial charge >= 0.3 is 5.97 Å².